The summed E-state index contributed by atoms with van der Waals surface area (Å²) < 4.78 is 5.19. The van der Waals surface area contributed by atoms with E-state index < -0.39 is 5.97 Å². The first-order chi connectivity index (χ1) is 11.7. The van der Waals surface area contributed by atoms with Crippen LogP contribution in [0.15, 0.2) is 72.6 Å². The Labute approximate surface area is 141 Å². The number of para-hydroxylation sites is 1. The normalized spacial score (nSPS) is 14.0. The number of carbonyl (C=O) groups excluding carboxylic acids is 1. The second kappa shape index (κ2) is 7.04. The molecule has 1 heterocycles. The van der Waals surface area contributed by atoms with Crippen molar-refractivity contribution in [3.63, 3.8) is 0 Å². The van der Waals surface area contributed by atoms with Gasteiger partial charge in [0.2, 0.25) is 0 Å². The molecule has 4 heteroatoms. The number of benzene rings is 2. The number of carboxylic acid groups (broad SMARTS) is 1. The lowest BCUT2D eigenvalue weighted by molar-refractivity contribution is -0.304. The van der Waals surface area contributed by atoms with Crippen LogP contribution in [0.1, 0.15) is 18.4 Å². The third-order valence-corrected chi connectivity index (χ3v) is 3.97. The number of carboxylic acids is 1. The molecule has 0 radical (unpaired) electrons. The third-order valence-electron chi connectivity index (χ3n) is 3.97. The van der Waals surface area contributed by atoms with Gasteiger partial charge in [-0.15, -0.1) is 0 Å². The van der Waals surface area contributed by atoms with E-state index in [1.807, 2.05) is 71.8 Å². The summed E-state index contributed by atoms with van der Waals surface area (Å²) in [4.78, 5) is 13.0. The van der Waals surface area contributed by atoms with Crippen molar-refractivity contribution >= 4 is 17.2 Å². The molecule has 3 rings (SSSR count). The van der Waals surface area contributed by atoms with Gasteiger partial charge in [0.05, 0.1) is 7.11 Å². The van der Waals surface area contributed by atoms with Crippen LogP contribution in [0.3, 0.4) is 0 Å². The maximum Gasteiger partial charge on any atom is 0.118 e. The molecule has 0 saturated heterocycles. The minimum atomic E-state index is -1.08. The second-order valence-corrected chi connectivity index (χ2v) is 5.54. The summed E-state index contributed by atoms with van der Waals surface area (Å²) in [5.41, 5.74) is 3.85. The van der Waals surface area contributed by atoms with Crippen LogP contribution in [0.5, 0.6) is 5.75 Å². The lowest BCUT2D eigenvalue weighted by atomic mass is 9.99. The van der Waals surface area contributed by atoms with Crippen molar-refractivity contribution in [3.8, 4) is 5.75 Å². The predicted molar refractivity (Wildman–Crippen MR) is 92.2 cm³/mol. The zero-order valence-electron chi connectivity index (χ0n) is 13.4. The molecule has 0 spiro atoms. The van der Waals surface area contributed by atoms with E-state index in [4.69, 9.17) is 4.74 Å². The number of methoxy groups -OCH3 is 1. The number of ether oxygens (including phenoxy) is 1. The Morgan fingerprint density at radius 3 is 2.46 bits per heavy atom. The van der Waals surface area contributed by atoms with Crippen LogP contribution in [-0.2, 0) is 4.79 Å². The summed E-state index contributed by atoms with van der Waals surface area (Å²) in [5.74, 6) is -0.272. The van der Waals surface area contributed by atoms with Crippen molar-refractivity contribution in [1.29, 1.82) is 0 Å². The predicted octanol–water partition coefficient (Wildman–Crippen LogP) is 2.97. The minimum Gasteiger partial charge on any atom is -0.550 e. The molecule has 0 unspecified atom stereocenters. The maximum atomic E-state index is 11.1. The van der Waals surface area contributed by atoms with Crippen molar-refractivity contribution in [3.05, 3.63) is 78.1 Å². The molecular weight excluding hydrogens is 302 g/mol. The molecule has 1 aliphatic rings. The van der Waals surface area contributed by atoms with Crippen LogP contribution >= 0.6 is 0 Å². The van der Waals surface area contributed by atoms with Gasteiger partial charge in [-0.05, 0) is 41.8 Å². The number of anilines is 1. The van der Waals surface area contributed by atoms with Gasteiger partial charge in [-0.1, -0.05) is 36.4 Å². The van der Waals surface area contributed by atoms with Crippen LogP contribution < -0.4 is 14.7 Å². The van der Waals surface area contributed by atoms with Crippen molar-refractivity contribution in [2.45, 2.75) is 12.8 Å². The summed E-state index contributed by atoms with van der Waals surface area (Å²) in [6.07, 6.45) is 4.51. The lowest BCUT2D eigenvalue weighted by Gasteiger charge is -2.29. The molecule has 24 heavy (non-hydrogen) atoms. The van der Waals surface area contributed by atoms with Crippen LogP contribution in [0.25, 0.3) is 5.57 Å². The molecule has 2 aromatic rings. The van der Waals surface area contributed by atoms with E-state index in [1.54, 1.807) is 7.11 Å². The SMILES string of the molecule is COc1ccc(C2=CN(c3ccccc3)C(CC(=O)[O-])=CC2)cc1. The first-order valence-corrected chi connectivity index (χ1v) is 7.75. The molecule has 0 aliphatic carbocycles. The fourth-order valence-corrected chi connectivity index (χ4v) is 2.75. The van der Waals surface area contributed by atoms with Crippen LogP contribution in [0.4, 0.5) is 5.69 Å². The summed E-state index contributed by atoms with van der Waals surface area (Å²) in [6.45, 7) is 0. The van der Waals surface area contributed by atoms with E-state index in [2.05, 4.69) is 0 Å². The summed E-state index contributed by atoms with van der Waals surface area (Å²) >= 11 is 0. The average Bonchev–Trinajstić information content (AvgIpc) is 2.62. The number of carbonyl (C=O) groups is 1. The van der Waals surface area contributed by atoms with Crippen LogP contribution in [0, 0.1) is 0 Å². The summed E-state index contributed by atoms with van der Waals surface area (Å²) in [7, 11) is 1.64. The van der Waals surface area contributed by atoms with E-state index in [9.17, 15) is 9.90 Å². The molecule has 122 valence electrons. The van der Waals surface area contributed by atoms with E-state index in [1.165, 1.54) is 0 Å². The second-order valence-electron chi connectivity index (χ2n) is 5.54. The van der Waals surface area contributed by atoms with E-state index in [0.29, 0.717) is 6.42 Å². The molecule has 0 N–H and O–H groups in total. The molecule has 0 amide bonds. The largest absolute Gasteiger partial charge is 0.550 e. The Morgan fingerprint density at radius 1 is 1.12 bits per heavy atom. The van der Waals surface area contributed by atoms with Gasteiger partial charge in [0.25, 0.3) is 0 Å². The van der Waals surface area contributed by atoms with Gasteiger partial charge in [0.1, 0.15) is 5.75 Å². The monoisotopic (exact) mass is 320 g/mol. The first kappa shape index (κ1) is 15.9. The van der Waals surface area contributed by atoms with Gasteiger partial charge in [0.15, 0.2) is 0 Å². The van der Waals surface area contributed by atoms with E-state index >= 15 is 0 Å². The Bertz CT molecular complexity index is 776. The summed E-state index contributed by atoms with van der Waals surface area (Å²) in [5, 5.41) is 11.1. The fraction of sp³-hybridized carbons (Fsp3) is 0.150. The number of nitrogens with zero attached hydrogens (tertiary/aromatic N) is 1. The van der Waals surface area contributed by atoms with Gasteiger partial charge in [-0.2, -0.15) is 0 Å². The molecule has 0 bridgehead atoms. The molecule has 0 atom stereocenters. The molecule has 0 aromatic heterocycles. The lowest BCUT2D eigenvalue weighted by Crippen LogP contribution is -2.28. The Balaban J connectivity index is 1.94. The molecule has 2 aromatic carbocycles. The van der Waals surface area contributed by atoms with Gasteiger partial charge in [0, 0.05) is 30.0 Å². The Kier molecular flexibility index (Phi) is 4.66. The zero-order valence-corrected chi connectivity index (χ0v) is 13.4. The van der Waals surface area contributed by atoms with Crippen molar-refractivity contribution in [1.82, 2.24) is 0 Å². The number of hydrogen-bond acceptors (Lipinski definition) is 4. The fourth-order valence-electron chi connectivity index (χ4n) is 2.75. The number of rotatable bonds is 5. The highest BCUT2D eigenvalue weighted by molar-refractivity contribution is 5.77. The van der Waals surface area contributed by atoms with E-state index in [-0.39, 0.29) is 6.42 Å². The summed E-state index contributed by atoms with van der Waals surface area (Å²) in [6, 6.07) is 17.6. The highest BCUT2D eigenvalue weighted by Gasteiger charge is 2.16. The topological polar surface area (TPSA) is 52.6 Å². The van der Waals surface area contributed by atoms with Crippen molar-refractivity contribution in [2.75, 3.05) is 12.0 Å². The smallest absolute Gasteiger partial charge is 0.118 e. The van der Waals surface area contributed by atoms with Gasteiger partial charge >= 0.3 is 0 Å². The first-order valence-electron chi connectivity index (χ1n) is 7.75. The van der Waals surface area contributed by atoms with Gasteiger partial charge in [-0.3, -0.25) is 0 Å². The molecule has 4 nitrogen and oxygen atoms in total. The molecular formula is C20H18NO3-. The van der Waals surface area contributed by atoms with Gasteiger partial charge in [-0.25, -0.2) is 0 Å². The Hall–Kier alpha value is -3.01. The number of allylic oxidation sites excluding steroid dienone is 2. The van der Waals surface area contributed by atoms with Crippen molar-refractivity contribution < 1.29 is 14.6 Å². The standard InChI is InChI=1S/C20H19NO3/c1-24-19-11-8-15(9-12-19)16-7-10-18(13-20(22)23)21(14-16)17-5-3-2-4-6-17/h2-6,8-12,14H,7,13H2,1H3,(H,22,23)/p-1. The quantitative estimate of drug-likeness (QED) is 0.850. The molecule has 1 aliphatic heterocycles. The molecule has 0 saturated carbocycles. The van der Waals surface area contributed by atoms with E-state index in [0.717, 1.165) is 28.3 Å². The third kappa shape index (κ3) is 3.49. The van der Waals surface area contributed by atoms with Gasteiger partial charge < -0.3 is 19.5 Å². The average molecular weight is 320 g/mol. The zero-order chi connectivity index (χ0) is 16.9. The number of hydrogen-bond donors (Lipinski definition) is 0. The van der Waals surface area contributed by atoms with Crippen LogP contribution in [-0.4, -0.2) is 13.1 Å². The highest BCUT2D eigenvalue weighted by Crippen LogP contribution is 2.32. The minimum absolute atomic E-state index is 0.110. The molecule has 0 fully saturated rings. The maximum absolute atomic E-state index is 11.1. The van der Waals surface area contributed by atoms with Crippen LogP contribution in [0.2, 0.25) is 0 Å². The van der Waals surface area contributed by atoms with Crippen molar-refractivity contribution in [2.24, 2.45) is 0 Å². The number of aliphatic carboxylic acids is 1. The highest BCUT2D eigenvalue weighted by atomic mass is 16.5. The Morgan fingerprint density at radius 2 is 1.83 bits per heavy atom.